The van der Waals surface area contributed by atoms with E-state index in [9.17, 15) is 4.79 Å². The Morgan fingerprint density at radius 2 is 2.16 bits per heavy atom. The first-order valence-electron chi connectivity index (χ1n) is 6.31. The molecule has 0 radical (unpaired) electrons. The van der Waals surface area contributed by atoms with Crippen molar-refractivity contribution in [3.05, 3.63) is 32.4 Å². The first kappa shape index (κ1) is 15.1. The van der Waals surface area contributed by atoms with E-state index in [0.29, 0.717) is 17.1 Å². The van der Waals surface area contributed by atoms with E-state index in [-0.39, 0.29) is 11.3 Å². The average Bonchev–Trinajstić information content (AvgIpc) is 2.40. The second-order valence-electron chi connectivity index (χ2n) is 5.23. The second kappa shape index (κ2) is 6.41. The minimum Gasteiger partial charge on any atom is -0.381 e. The summed E-state index contributed by atoms with van der Waals surface area (Å²) in [6.45, 7) is 4.43. The van der Waals surface area contributed by atoms with Crippen LogP contribution in [0.25, 0.3) is 0 Å². The van der Waals surface area contributed by atoms with Crippen molar-refractivity contribution in [2.45, 2.75) is 19.8 Å². The molecule has 1 saturated heterocycles. The largest absolute Gasteiger partial charge is 0.381 e. The number of carbonyl (C=O) groups is 1. The highest BCUT2D eigenvalue weighted by atomic mass is 127. The Labute approximate surface area is 132 Å². The standard InChI is InChI=1S/C14H17ClINO2/c1-14(4-6-19-7-5-14)9-17-13(18)10-2-3-12(16)11(15)8-10/h2-3,8H,4-7,9H2,1H3,(H,17,18). The maximum atomic E-state index is 12.1. The van der Waals surface area contributed by atoms with Crippen molar-refractivity contribution in [3.63, 3.8) is 0 Å². The summed E-state index contributed by atoms with van der Waals surface area (Å²) in [5.74, 6) is -0.0639. The minimum absolute atomic E-state index is 0.0639. The topological polar surface area (TPSA) is 38.3 Å². The molecule has 5 heteroatoms. The summed E-state index contributed by atoms with van der Waals surface area (Å²) < 4.78 is 6.31. The Hall–Kier alpha value is -0.330. The summed E-state index contributed by atoms with van der Waals surface area (Å²) in [5, 5.41) is 3.62. The molecule has 2 rings (SSSR count). The smallest absolute Gasteiger partial charge is 0.251 e. The minimum atomic E-state index is -0.0639. The zero-order chi connectivity index (χ0) is 13.9. The van der Waals surface area contributed by atoms with Gasteiger partial charge in [0.15, 0.2) is 0 Å². The Morgan fingerprint density at radius 1 is 1.47 bits per heavy atom. The van der Waals surface area contributed by atoms with E-state index in [2.05, 4.69) is 34.8 Å². The highest BCUT2D eigenvalue weighted by Crippen LogP contribution is 2.28. The summed E-state index contributed by atoms with van der Waals surface area (Å²) >= 11 is 8.18. The van der Waals surface area contributed by atoms with Gasteiger partial charge >= 0.3 is 0 Å². The van der Waals surface area contributed by atoms with E-state index in [1.54, 1.807) is 12.1 Å². The summed E-state index contributed by atoms with van der Waals surface area (Å²) in [4.78, 5) is 12.1. The van der Waals surface area contributed by atoms with Crippen LogP contribution >= 0.6 is 34.2 Å². The van der Waals surface area contributed by atoms with Crippen molar-refractivity contribution in [2.24, 2.45) is 5.41 Å². The lowest BCUT2D eigenvalue weighted by Gasteiger charge is -2.33. The Bertz CT molecular complexity index is 473. The monoisotopic (exact) mass is 393 g/mol. The van der Waals surface area contributed by atoms with Gasteiger partial charge in [-0.3, -0.25) is 4.79 Å². The van der Waals surface area contributed by atoms with Crippen LogP contribution in [0.1, 0.15) is 30.1 Å². The third-order valence-electron chi connectivity index (χ3n) is 3.56. The van der Waals surface area contributed by atoms with Crippen molar-refractivity contribution in [1.82, 2.24) is 5.32 Å². The predicted molar refractivity (Wildman–Crippen MR) is 84.7 cm³/mol. The summed E-state index contributed by atoms with van der Waals surface area (Å²) in [6, 6.07) is 5.37. The summed E-state index contributed by atoms with van der Waals surface area (Å²) in [7, 11) is 0. The van der Waals surface area contributed by atoms with Crippen molar-refractivity contribution < 1.29 is 9.53 Å². The number of benzene rings is 1. The number of hydrogen-bond acceptors (Lipinski definition) is 2. The van der Waals surface area contributed by atoms with Crippen LogP contribution in [-0.4, -0.2) is 25.7 Å². The Kier molecular flexibility index (Phi) is 5.09. The lowest BCUT2D eigenvalue weighted by Crippen LogP contribution is -2.39. The maximum Gasteiger partial charge on any atom is 0.251 e. The zero-order valence-corrected chi connectivity index (χ0v) is 13.8. The van der Waals surface area contributed by atoms with Crippen LogP contribution in [0.15, 0.2) is 18.2 Å². The number of ether oxygens (including phenoxy) is 1. The molecular weight excluding hydrogens is 377 g/mol. The molecule has 0 unspecified atom stereocenters. The fourth-order valence-corrected chi connectivity index (χ4v) is 2.59. The van der Waals surface area contributed by atoms with E-state index in [0.717, 1.165) is 29.6 Å². The molecule has 0 saturated carbocycles. The first-order chi connectivity index (χ1) is 9.00. The molecule has 0 aliphatic carbocycles. The van der Waals surface area contributed by atoms with E-state index in [1.807, 2.05) is 6.07 Å². The highest BCUT2D eigenvalue weighted by molar-refractivity contribution is 14.1. The zero-order valence-electron chi connectivity index (χ0n) is 10.8. The van der Waals surface area contributed by atoms with Gasteiger partial charge in [-0.25, -0.2) is 0 Å². The highest BCUT2D eigenvalue weighted by Gasteiger charge is 2.27. The summed E-state index contributed by atoms with van der Waals surface area (Å²) in [5.41, 5.74) is 0.752. The quantitative estimate of drug-likeness (QED) is 0.798. The van der Waals surface area contributed by atoms with Gasteiger partial charge in [-0.1, -0.05) is 18.5 Å². The van der Waals surface area contributed by atoms with Crippen molar-refractivity contribution in [2.75, 3.05) is 19.8 Å². The van der Waals surface area contributed by atoms with Crippen molar-refractivity contribution >= 4 is 40.1 Å². The molecule has 1 amide bonds. The average molecular weight is 394 g/mol. The van der Waals surface area contributed by atoms with Crippen LogP contribution in [0.4, 0.5) is 0 Å². The molecule has 3 nitrogen and oxygen atoms in total. The third-order valence-corrected chi connectivity index (χ3v) is 5.13. The van der Waals surface area contributed by atoms with Gasteiger partial charge in [0.25, 0.3) is 5.91 Å². The molecule has 1 aliphatic heterocycles. The molecule has 1 aromatic carbocycles. The van der Waals surface area contributed by atoms with E-state index in [1.165, 1.54) is 0 Å². The van der Waals surface area contributed by atoms with Gasteiger partial charge in [0, 0.05) is 28.9 Å². The van der Waals surface area contributed by atoms with Crippen LogP contribution < -0.4 is 5.32 Å². The number of hydrogen-bond donors (Lipinski definition) is 1. The molecule has 1 N–H and O–H groups in total. The van der Waals surface area contributed by atoms with Gasteiger partial charge in [0.2, 0.25) is 0 Å². The van der Waals surface area contributed by atoms with Gasteiger partial charge in [-0.15, -0.1) is 0 Å². The summed E-state index contributed by atoms with van der Waals surface area (Å²) in [6.07, 6.45) is 1.97. The molecule has 0 atom stereocenters. The number of carbonyl (C=O) groups excluding carboxylic acids is 1. The van der Waals surface area contributed by atoms with Crippen LogP contribution in [0.5, 0.6) is 0 Å². The number of rotatable bonds is 3. The molecule has 1 aromatic rings. The van der Waals surface area contributed by atoms with Gasteiger partial charge in [-0.2, -0.15) is 0 Å². The van der Waals surface area contributed by atoms with Gasteiger partial charge < -0.3 is 10.1 Å². The molecule has 0 spiro atoms. The van der Waals surface area contributed by atoms with Crippen molar-refractivity contribution in [3.8, 4) is 0 Å². The van der Waals surface area contributed by atoms with Gasteiger partial charge in [0.05, 0.1) is 5.02 Å². The van der Waals surface area contributed by atoms with Crippen LogP contribution in [-0.2, 0) is 4.74 Å². The second-order valence-corrected chi connectivity index (χ2v) is 6.80. The van der Waals surface area contributed by atoms with E-state index in [4.69, 9.17) is 16.3 Å². The number of nitrogens with one attached hydrogen (secondary N) is 1. The Morgan fingerprint density at radius 3 is 2.79 bits per heavy atom. The van der Waals surface area contributed by atoms with Crippen LogP contribution in [0.3, 0.4) is 0 Å². The van der Waals surface area contributed by atoms with Gasteiger partial charge in [-0.05, 0) is 59.0 Å². The Balaban J connectivity index is 1.95. The normalized spacial score (nSPS) is 18.1. The lowest BCUT2D eigenvalue weighted by atomic mass is 9.82. The molecule has 0 aromatic heterocycles. The fourth-order valence-electron chi connectivity index (χ4n) is 2.07. The van der Waals surface area contributed by atoms with Crippen LogP contribution in [0.2, 0.25) is 5.02 Å². The molecule has 104 valence electrons. The SMILES string of the molecule is CC1(CNC(=O)c2ccc(I)c(Cl)c2)CCOCC1. The van der Waals surface area contributed by atoms with Crippen molar-refractivity contribution in [1.29, 1.82) is 0 Å². The number of amides is 1. The van der Waals surface area contributed by atoms with Gasteiger partial charge in [0.1, 0.15) is 0 Å². The first-order valence-corrected chi connectivity index (χ1v) is 7.77. The third kappa shape index (κ3) is 4.07. The molecule has 1 aliphatic rings. The number of halogens is 2. The maximum absolute atomic E-state index is 12.1. The lowest BCUT2D eigenvalue weighted by molar-refractivity contribution is 0.0238. The molecule has 1 fully saturated rings. The molecular formula is C14H17ClINO2. The van der Waals surface area contributed by atoms with E-state index < -0.39 is 0 Å². The fraction of sp³-hybridized carbons (Fsp3) is 0.500. The van der Waals surface area contributed by atoms with E-state index >= 15 is 0 Å². The van der Waals surface area contributed by atoms with Crippen LogP contribution in [0, 0.1) is 8.99 Å². The predicted octanol–water partition coefficient (Wildman–Crippen LogP) is 3.49. The molecule has 19 heavy (non-hydrogen) atoms. The molecule has 1 heterocycles. The molecule has 0 bridgehead atoms.